The van der Waals surface area contributed by atoms with Crippen molar-refractivity contribution in [2.24, 2.45) is 40.4 Å². The second-order valence-corrected chi connectivity index (χ2v) is 25.1. The number of methoxy groups -OCH3 is 2. The fraction of sp³-hybridized carbons (Fsp3) is 0.778. The van der Waals surface area contributed by atoms with E-state index in [9.17, 15) is 38.4 Å². The van der Waals surface area contributed by atoms with Crippen molar-refractivity contribution in [3.8, 4) is 0 Å². The molecule has 1 aromatic carbocycles. The molecule has 12 unspecified atom stereocenters. The Labute approximate surface area is 496 Å². The normalized spacial score (nSPS) is 23.7. The molecule has 3 aliphatic heterocycles. The number of likely N-dealkylation sites (tertiary alicyclic amines) is 2. The molecule has 4 N–H and O–H groups in total. The van der Waals surface area contributed by atoms with Gasteiger partial charge in [-0.1, -0.05) is 112 Å². The van der Waals surface area contributed by atoms with Gasteiger partial charge in [0.25, 0.3) is 0 Å². The molecule has 3 heterocycles. The van der Waals surface area contributed by atoms with Crippen LogP contribution in [0.25, 0.3) is 0 Å². The molecule has 4 fully saturated rings. The summed E-state index contributed by atoms with van der Waals surface area (Å²) in [5.41, 5.74) is 5.27. The number of piperidine rings is 1. The first-order chi connectivity index (χ1) is 39.5. The summed E-state index contributed by atoms with van der Waals surface area (Å²) >= 11 is 0. The Morgan fingerprint density at radius 2 is 1.47 bits per heavy atom. The van der Waals surface area contributed by atoms with Crippen molar-refractivity contribution in [2.75, 3.05) is 67.6 Å². The zero-order valence-corrected chi connectivity index (χ0v) is 52.9. The minimum absolute atomic E-state index is 0.0112. The minimum Gasteiger partial charge on any atom is -0.379 e. The third-order valence-corrected chi connectivity index (χ3v) is 19.1. The highest BCUT2D eigenvalue weighted by molar-refractivity contribution is 6.13. The molecule has 0 spiro atoms. The van der Waals surface area contributed by atoms with Gasteiger partial charge in [-0.15, -0.1) is 0 Å². The Balaban J connectivity index is 1.11. The van der Waals surface area contributed by atoms with Crippen LogP contribution in [0, 0.1) is 40.4 Å². The molecule has 5 rings (SSSR count). The van der Waals surface area contributed by atoms with Crippen molar-refractivity contribution in [3.05, 3.63) is 35.9 Å². The Bertz CT molecular complexity index is 2320. The molecule has 83 heavy (non-hydrogen) atoms. The molecule has 1 aromatic rings. The smallest absolute Gasteiger partial charge is 0.245 e. The molecule has 0 aromatic heterocycles. The summed E-state index contributed by atoms with van der Waals surface area (Å²) in [6.07, 6.45) is 7.40. The number of ether oxygens (including phenoxy) is 2. The topological polar surface area (TPSA) is 229 Å². The molecule has 1 saturated carbocycles. The van der Waals surface area contributed by atoms with Crippen LogP contribution in [0.2, 0.25) is 0 Å². The fourth-order valence-corrected chi connectivity index (χ4v) is 13.9. The average molecular weight is 1160 g/mol. The van der Waals surface area contributed by atoms with E-state index in [-0.39, 0.29) is 108 Å². The number of amides is 8. The molecule has 0 radical (unpaired) electrons. The van der Waals surface area contributed by atoms with E-state index in [1.165, 1.54) is 4.90 Å². The van der Waals surface area contributed by atoms with Gasteiger partial charge in [-0.2, -0.15) is 5.06 Å². The van der Waals surface area contributed by atoms with Gasteiger partial charge in [0.1, 0.15) is 6.04 Å². The average Bonchev–Trinajstić information content (AvgIpc) is 1.64. The van der Waals surface area contributed by atoms with Crippen LogP contribution in [0.1, 0.15) is 165 Å². The molecular weight excluding hydrogens is 1060 g/mol. The SMILES string of the molecule is CCC(C)C(C(CC(=O)N1CCCC1C(OC)C(C)C(=O)NC(Cc1ccccc1)CN1CCCCO1)OC)N(C)C(=O)C(NC(=O)C(C(C)C)N(C)CCCC(=O)NNC(=O)CCCCCN1C(=O)C2C(C)(CC)C2(CC)C1=O)C(C)C. The Hall–Kier alpha value is -5.02. The van der Waals surface area contributed by atoms with E-state index < -0.39 is 41.7 Å². The maximum absolute atomic E-state index is 14.8. The third-order valence-electron chi connectivity index (χ3n) is 19.1. The molecule has 8 amide bonds. The summed E-state index contributed by atoms with van der Waals surface area (Å²) < 4.78 is 12.3. The number of likely N-dealkylation sites (N-methyl/N-ethyl adjacent to an activating group) is 2. The number of nitrogens with zero attached hydrogens (tertiary/aromatic N) is 5. The number of hydrogen-bond acceptors (Lipinski definition) is 13. The van der Waals surface area contributed by atoms with Gasteiger partial charge in [0.2, 0.25) is 47.3 Å². The van der Waals surface area contributed by atoms with Crippen molar-refractivity contribution in [3.63, 3.8) is 0 Å². The molecular formula is C63H105N9O11. The van der Waals surface area contributed by atoms with Gasteiger partial charge in [-0.25, -0.2) is 0 Å². The Kier molecular flexibility index (Phi) is 26.4. The van der Waals surface area contributed by atoms with E-state index in [0.29, 0.717) is 84.2 Å². The summed E-state index contributed by atoms with van der Waals surface area (Å²) in [6.45, 7) is 22.9. The van der Waals surface area contributed by atoms with Gasteiger partial charge < -0.3 is 29.9 Å². The van der Waals surface area contributed by atoms with E-state index in [1.807, 2.05) is 109 Å². The number of carbonyl (C=O) groups excluding carboxylic acids is 8. The number of nitrogens with one attached hydrogen (secondary N) is 4. The van der Waals surface area contributed by atoms with Crippen LogP contribution in [-0.2, 0) is 59.1 Å². The number of benzene rings is 1. The molecule has 12 atom stereocenters. The maximum atomic E-state index is 14.8. The highest BCUT2D eigenvalue weighted by Crippen LogP contribution is 2.76. The van der Waals surface area contributed by atoms with Crippen molar-refractivity contribution in [1.29, 1.82) is 0 Å². The van der Waals surface area contributed by atoms with Crippen molar-refractivity contribution < 1.29 is 52.7 Å². The lowest BCUT2D eigenvalue weighted by molar-refractivity contribution is -0.184. The first-order valence-electron chi connectivity index (χ1n) is 31.3. The van der Waals surface area contributed by atoms with E-state index in [0.717, 1.165) is 37.8 Å². The lowest BCUT2D eigenvalue weighted by Crippen LogP contribution is -2.60. The maximum Gasteiger partial charge on any atom is 0.245 e. The number of hydrazine groups is 1. The first kappa shape index (κ1) is 68.8. The summed E-state index contributed by atoms with van der Waals surface area (Å²) in [5, 5.41) is 8.34. The monoisotopic (exact) mass is 1160 g/mol. The van der Waals surface area contributed by atoms with Crippen molar-refractivity contribution in [1.82, 2.24) is 46.1 Å². The summed E-state index contributed by atoms with van der Waals surface area (Å²) in [6, 6.07) is 7.45. The van der Waals surface area contributed by atoms with Crippen LogP contribution < -0.4 is 21.5 Å². The molecule has 1 aliphatic carbocycles. The highest BCUT2D eigenvalue weighted by Gasteiger charge is 2.83. The van der Waals surface area contributed by atoms with Gasteiger partial charge in [0, 0.05) is 66.3 Å². The number of hydroxylamine groups is 2. The van der Waals surface area contributed by atoms with Gasteiger partial charge in [-0.05, 0) is 107 Å². The third kappa shape index (κ3) is 16.7. The quantitative estimate of drug-likeness (QED) is 0.0350. The van der Waals surface area contributed by atoms with E-state index in [4.69, 9.17) is 14.3 Å². The molecule has 468 valence electrons. The highest BCUT2D eigenvalue weighted by atomic mass is 16.7. The fourth-order valence-electron chi connectivity index (χ4n) is 13.9. The van der Waals surface area contributed by atoms with Crippen molar-refractivity contribution in [2.45, 2.75) is 208 Å². The second kappa shape index (κ2) is 31.9. The zero-order chi connectivity index (χ0) is 61.3. The van der Waals surface area contributed by atoms with Gasteiger partial charge in [0.15, 0.2) is 0 Å². The minimum atomic E-state index is -0.899. The summed E-state index contributed by atoms with van der Waals surface area (Å²) in [4.78, 5) is 122. The number of rotatable bonds is 34. The predicted octanol–water partition coefficient (Wildman–Crippen LogP) is 6.06. The second-order valence-electron chi connectivity index (χ2n) is 25.1. The summed E-state index contributed by atoms with van der Waals surface area (Å²) in [5.74, 6) is -3.10. The molecule has 3 saturated heterocycles. The molecule has 4 aliphatic rings. The van der Waals surface area contributed by atoms with Crippen LogP contribution in [0.5, 0.6) is 0 Å². The largest absolute Gasteiger partial charge is 0.379 e. The molecule has 0 bridgehead atoms. The lowest BCUT2D eigenvalue weighted by atomic mass is 9.88. The van der Waals surface area contributed by atoms with Crippen LogP contribution in [0.4, 0.5) is 0 Å². The number of hydrogen-bond donors (Lipinski definition) is 4. The van der Waals surface area contributed by atoms with Crippen LogP contribution in [-0.4, -0.2) is 182 Å². The van der Waals surface area contributed by atoms with E-state index >= 15 is 0 Å². The standard InChI is InChI=1S/C63H105N9O11/c1-15-43(8)54(48(81-13)39-51(75)71-36-26-30-47(71)55(82-14)44(9)57(76)64-46(38-45-28-20-18-21-29-45)40-70-34-24-25-37-83-70)69(12)59(78)52(41(4)5)65-58(77)53(42(6)7)68(11)33-27-32-50(74)67-66-49(73)31-22-19-23-35-72-60(79)56-62(10,16-2)63(56,17-3)61(72)80/h18,20-21,28-29,41-44,46-48,52-56H,15-17,19,22-27,30-40H2,1-14H3,(H,64,76)(H,65,77)(H,66,73)(H,67,74). The lowest BCUT2D eigenvalue weighted by Gasteiger charge is -2.41. The summed E-state index contributed by atoms with van der Waals surface area (Å²) in [7, 11) is 6.68. The molecule has 20 nitrogen and oxygen atoms in total. The van der Waals surface area contributed by atoms with Gasteiger partial charge in [0.05, 0.1) is 60.6 Å². The van der Waals surface area contributed by atoms with Crippen LogP contribution in [0.15, 0.2) is 30.3 Å². The van der Waals surface area contributed by atoms with E-state index in [2.05, 4.69) is 33.6 Å². The number of carbonyl (C=O) groups is 8. The molecule has 20 heteroatoms. The number of fused-ring (bicyclic) bond motifs is 1. The first-order valence-corrected chi connectivity index (χ1v) is 31.3. The zero-order valence-electron chi connectivity index (χ0n) is 52.9. The van der Waals surface area contributed by atoms with Crippen LogP contribution in [0.3, 0.4) is 0 Å². The van der Waals surface area contributed by atoms with Crippen LogP contribution >= 0.6 is 0 Å². The van der Waals surface area contributed by atoms with Gasteiger partial charge in [-0.3, -0.25) is 63.8 Å². The van der Waals surface area contributed by atoms with Gasteiger partial charge >= 0.3 is 0 Å². The predicted molar refractivity (Wildman–Crippen MR) is 318 cm³/mol. The van der Waals surface area contributed by atoms with E-state index in [1.54, 1.807) is 26.2 Å². The van der Waals surface area contributed by atoms with Crippen molar-refractivity contribution >= 4 is 47.3 Å². The number of unbranched alkanes of at least 4 members (excludes halogenated alkanes) is 2. The Morgan fingerprint density at radius 3 is 2.04 bits per heavy atom. The Morgan fingerprint density at radius 1 is 0.795 bits per heavy atom. The number of imide groups is 1.